The van der Waals surface area contributed by atoms with Crippen molar-refractivity contribution in [3.63, 3.8) is 0 Å². The zero-order chi connectivity index (χ0) is 12.6. The van der Waals surface area contributed by atoms with Gasteiger partial charge in [0.05, 0.1) is 0 Å². The number of hydrogen-bond donors (Lipinski definition) is 0. The summed E-state index contributed by atoms with van der Waals surface area (Å²) in [5, 5.41) is 0. The van der Waals surface area contributed by atoms with Crippen LogP contribution in [0.2, 0.25) is 0 Å². The first kappa shape index (κ1) is 12.2. The Bertz CT molecular complexity index is 494. The number of carbonyl (C=O) groups excluding carboxylic acids is 1. The number of para-hydroxylation sites is 1. The van der Waals surface area contributed by atoms with Crippen molar-refractivity contribution in [1.29, 1.82) is 0 Å². The van der Waals surface area contributed by atoms with Gasteiger partial charge in [-0.15, -0.1) is 0 Å². The van der Waals surface area contributed by atoms with E-state index >= 15 is 0 Å². The van der Waals surface area contributed by atoms with Crippen molar-refractivity contribution in [2.75, 3.05) is 0 Å². The van der Waals surface area contributed by atoms with Gasteiger partial charge in [0.1, 0.15) is 19.0 Å². The molecule has 0 atom stereocenters. The summed E-state index contributed by atoms with van der Waals surface area (Å²) in [6.45, 7) is 1.17. The SMILES string of the molecule is O=COCc1ccccc1OCc1ccccc1. The van der Waals surface area contributed by atoms with E-state index in [1.54, 1.807) is 0 Å². The highest BCUT2D eigenvalue weighted by Crippen LogP contribution is 2.19. The zero-order valence-corrected chi connectivity index (χ0v) is 9.91. The molecular formula is C15H14O3. The second kappa shape index (κ2) is 6.45. The summed E-state index contributed by atoms with van der Waals surface area (Å²) in [4.78, 5) is 10.2. The van der Waals surface area contributed by atoms with Crippen molar-refractivity contribution in [1.82, 2.24) is 0 Å². The highest BCUT2D eigenvalue weighted by molar-refractivity contribution is 5.39. The van der Waals surface area contributed by atoms with Gasteiger partial charge in [0, 0.05) is 5.56 Å². The van der Waals surface area contributed by atoms with Crippen molar-refractivity contribution in [3.05, 3.63) is 65.7 Å². The molecule has 0 saturated heterocycles. The van der Waals surface area contributed by atoms with E-state index in [0.717, 1.165) is 16.9 Å². The number of hydrogen-bond acceptors (Lipinski definition) is 3. The molecule has 18 heavy (non-hydrogen) atoms. The fourth-order valence-electron chi connectivity index (χ4n) is 1.62. The van der Waals surface area contributed by atoms with E-state index in [2.05, 4.69) is 0 Å². The van der Waals surface area contributed by atoms with Crippen molar-refractivity contribution >= 4 is 6.47 Å². The Kier molecular flexibility index (Phi) is 4.36. The third kappa shape index (κ3) is 3.35. The van der Waals surface area contributed by atoms with Gasteiger partial charge in [-0.2, -0.15) is 0 Å². The first-order valence-electron chi connectivity index (χ1n) is 5.70. The maximum absolute atomic E-state index is 10.2. The average molecular weight is 242 g/mol. The molecule has 92 valence electrons. The number of rotatable bonds is 6. The topological polar surface area (TPSA) is 35.5 Å². The van der Waals surface area contributed by atoms with Crippen LogP contribution in [-0.4, -0.2) is 6.47 Å². The minimum absolute atomic E-state index is 0.231. The van der Waals surface area contributed by atoms with Crippen LogP contribution in [0.3, 0.4) is 0 Å². The molecule has 0 unspecified atom stereocenters. The zero-order valence-electron chi connectivity index (χ0n) is 9.91. The second-order valence-electron chi connectivity index (χ2n) is 3.79. The molecule has 0 aromatic heterocycles. The molecule has 2 rings (SSSR count). The highest BCUT2D eigenvalue weighted by Gasteiger charge is 2.03. The highest BCUT2D eigenvalue weighted by atomic mass is 16.5. The van der Waals surface area contributed by atoms with Crippen LogP contribution >= 0.6 is 0 Å². The maximum atomic E-state index is 10.2. The molecule has 2 aromatic rings. The second-order valence-corrected chi connectivity index (χ2v) is 3.79. The van der Waals surface area contributed by atoms with Gasteiger partial charge in [0.15, 0.2) is 0 Å². The third-order valence-corrected chi connectivity index (χ3v) is 2.52. The van der Waals surface area contributed by atoms with E-state index < -0.39 is 0 Å². The molecule has 3 heteroatoms. The number of ether oxygens (including phenoxy) is 2. The lowest BCUT2D eigenvalue weighted by atomic mass is 10.2. The quantitative estimate of drug-likeness (QED) is 0.730. The van der Waals surface area contributed by atoms with Crippen LogP contribution in [0.15, 0.2) is 54.6 Å². The smallest absolute Gasteiger partial charge is 0.293 e. The van der Waals surface area contributed by atoms with Crippen LogP contribution in [0.1, 0.15) is 11.1 Å². The van der Waals surface area contributed by atoms with Gasteiger partial charge in [0.2, 0.25) is 0 Å². The monoisotopic (exact) mass is 242 g/mol. The summed E-state index contributed by atoms with van der Waals surface area (Å²) in [7, 11) is 0. The molecule has 0 aliphatic rings. The van der Waals surface area contributed by atoms with Gasteiger partial charge in [-0.1, -0.05) is 48.5 Å². The molecule has 0 spiro atoms. The van der Waals surface area contributed by atoms with Gasteiger partial charge in [-0.25, -0.2) is 0 Å². The van der Waals surface area contributed by atoms with Crippen molar-refractivity contribution in [2.24, 2.45) is 0 Å². The Morgan fingerprint density at radius 1 is 0.889 bits per heavy atom. The van der Waals surface area contributed by atoms with Gasteiger partial charge in [-0.3, -0.25) is 4.79 Å². The molecule has 0 amide bonds. The molecule has 2 aromatic carbocycles. The summed E-state index contributed by atoms with van der Waals surface area (Å²) in [6.07, 6.45) is 0. The van der Waals surface area contributed by atoms with Gasteiger partial charge in [0.25, 0.3) is 6.47 Å². The first-order chi connectivity index (χ1) is 8.90. The van der Waals surface area contributed by atoms with Crippen LogP contribution in [0, 0.1) is 0 Å². The van der Waals surface area contributed by atoms with E-state index in [0.29, 0.717) is 13.1 Å². The normalized spacial score (nSPS) is 9.78. The molecule has 0 radical (unpaired) electrons. The summed E-state index contributed by atoms with van der Waals surface area (Å²) in [6, 6.07) is 17.4. The minimum Gasteiger partial charge on any atom is -0.488 e. The summed E-state index contributed by atoms with van der Waals surface area (Å²) < 4.78 is 10.5. The molecule has 0 bridgehead atoms. The largest absolute Gasteiger partial charge is 0.488 e. The lowest BCUT2D eigenvalue weighted by molar-refractivity contribution is -0.129. The Hall–Kier alpha value is -2.29. The van der Waals surface area contributed by atoms with Crippen LogP contribution in [0.5, 0.6) is 5.75 Å². The maximum Gasteiger partial charge on any atom is 0.293 e. The molecule has 0 saturated carbocycles. The Balaban J connectivity index is 2.02. The van der Waals surface area contributed by atoms with Crippen LogP contribution in [0.25, 0.3) is 0 Å². The van der Waals surface area contributed by atoms with Gasteiger partial charge < -0.3 is 9.47 Å². The molecule has 0 aliphatic heterocycles. The van der Waals surface area contributed by atoms with Gasteiger partial charge >= 0.3 is 0 Å². The molecule has 3 nitrogen and oxygen atoms in total. The van der Waals surface area contributed by atoms with E-state index in [1.165, 1.54) is 0 Å². The van der Waals surface area contributed by atoms with E-state index in [9.17, 15) is 4.79 Å². The van der Waals surface area contributed by atoms with Crippen molar-refractivity contribution < 1.29 is 14.3 Å². The lowest BCUT2D eigenvalue weighted by Crippen LogP contribution is -1.99. The average Bonchev–Trinajstić information content (AvgIpc) is 2.45. The first-order valence-corrected chi connectivity index (χ1v) is 5.70. The van der Waals surface area contributed by atoms with Crippen LogP contribution in [0.4, 0.5) is 0 Å². The number of carbonyl (C=O) groups is 1. The third-order valence-electron chi connectivity index (χ3n) is 2.52. The summed E-state index contributed by atoms with van der Waals surface area (Å²) >= 11 is 0. The lowest BCUT2D eigenvalue weighted by Gasteiger charge is -2.10. The fourth-order valence-corrected chi connectivity index (χ4v) is 1.62. The standard InChI is InChI=1S/C15H14O3/c16-12-17-11-14-8-4-5-9-15(14)18-10-13-6-2-1-3-7-13/h1-9,12H,10-11H2. The van der Waals surface area contributed by atoms with E-state index in [1.807, 2.05) is 54.6 Å². The van der Waals surface area contributed by atoms with Gasteiger partial charge in [-0.05, 0) is 11.6 Å². The molecule has 0 aliphatic carbocycles. The van der Waals surface area contributed by atoms with Crippen molar-refractivity contribution in [3.8, 4) is 5.75 Å². The molecular weight excluding hydrogens is 228 g/mol. The fraction of sp³-hybridized carbons (Fsp3) is 0.133. The predicted molar refractivity (Wildman–Crippen MR) is 68.1 cm³/mol. The molecule has 0 N–H and O–H groups in total. The Morgan fingerprint density at radius 3 is 2.39 bits per heavy atom. The number of benzene rings is 2. The predicted octanol–water partition coefficient (Wildman–Crippen LogP) is 2.94. The molecule has 0 fully saturated rings. The molecule has 0 heterocycles. The Labute approximate surface area is 106 Å². The van der Waals surface area contributed by atoms with E-state index in [-0.39, 0.29) is 6.61 Å². The summed E-state index contributed by atoms with van der Waals surface area (Å²) in [5.41, 5.74) is 1.96. The van der Waals surface area contributed by atoms with Crippen LogP contribution < -0.4 is 4.74 Å². The van der Waals surface area contributed by atoms with Crippen LogP contribution in [-0.2, 0) is 22.7 Å². The Morgan fingerprint density at radius 2 is 1.61 bits per heavy atom. The van der Waals surface area contributed by atoms with Crippen molar-refractivity contribution in [2.45, 2.75) is 13.2 Å². The van der Waals surface area contributed by atoms with E-state index in [4.69, 9.17) is 9.47 Å². The minimum atomic E-state index is 0.231. The summed E-state index contributed by atoms with van der Waals surface area (Å²) in [5.74, 6) is 0.739.